The zero-order valence-corrected chi connectivity index (χ0v) is 19.1. The molecule has 0 radical (unpaired) electrons. The number of hydrogen-bond donors (Lipinski definition) is 6. The van der Waals surface area contributed by atoms with Crippen LogP contribution in [0.5, 0.6) is 0 Å². The van der Waals surface area contributed by atoms with Gasteiger partial charge in [0.25, 0.3) is 0 Å². The van der Waals surface area contributed by atoms with E-state index in [1.165, 1.54) is 5.56 Å². The minimum absolute atomic E-state index is 0.290. The number of carbonyl (C=O) groups excluding carboxylic acids is 1. The Hall–Kier alpha value is -1.79. The topological polar surface area (TPSA) is 166 Å². The average Bonchev–Trinajstić information content (AvgIpc) is 2.80. The van der Waals surface area contributed by atoms with Gasteiger partial charge in [-0.25, -0.2) is 9.86 Å². The summed E-state index contributed by atoms with van der Waals surface area (Å²) in [6.45, 7) is 1.35. The molecule has 0 spiro atoms. The number of aliphatic hydroxyl groups is 5. The van der Waals surface area contributed by atoms with Gasteiger partial charge in [0.1, 0.15) is 30.5 Å². The molecule has 0 bridgehead atoms. The van der Waals surface area contributed by atoms with Crippen LogP contribution in [-0.2, 0) is 16.0 Å². The van der Waals surface area contributed by atoms with E-state index < -0.39 is 55.4 Å². The van der Waals surface area contributed by atoms with Crippen LogP contribution >= 0.6 is 0 Å². The minimum Gasteiger partial charge on any atom is -0.394 e. The fourth-order valence-corrected chi connectivity index (χ4v) is 3.93. The largest absolute Gasteiger partial charge is 0.394 e. The summed E-state index contributed by atoms with van der Waals surface area (Å²) in [5, 5.41) is 50.4. The van der Waals surface area contributed by atoms with Crippen LogP contribution in [0.2, 0.25) is 0 Å². The number of hydrogen-bond acceptors (Lipinski definition) is 8. The number of nitrogens with two attached hydrogens (primary N) is 1. The van der Waals surface area contributed by atoms with Crippen molar-refractivity contribution in [3.8, 4) is 0 Å². The number of amides is 2. The molecule has 0 aromatic heterocycles. The number of carbonyl (C=O) groups is 1. The van der Waals surface area contributed by atoms with Gasteiger partial charge in [0.15, 0.2) is 0 Å². The number of aliphatic hydroxyl groups excluding tert-OH is 5. The summed E-state index contributed by atoms with van der Waals surface area (Å²) in [7, 11) is 0. The van der Waals surface area contributed by atoms with E-state index in [0.29, 0.717) is 25.7 Å². The molecule has 1 aliphatic rings. The predicted molar refractivity (Wildman–Crippen MR) is 120 cm³/mol. The van der Waals surface area contributed by atoms with Crippen LogP contribution in [0.15, 0.2) is 30.3 Å². The lowest BCUT2D eigenvalue weighted by molar-refractivity contribution is -0.231. The lowest BCUT2D eigenvalue weighted by Crippen LogP contribution is -2.58. The molecule has 1 aliphatic heterocycles. The summed E-state index contributed by atoms with van der Waals surface area (Å²) in [5.41, 5.74) is 6.66. The van der Waals surface area contributed by atoms with Crippen molar-refractivity contribution >= 4 is 6.03 Å². The maximum Gasteiger partial charge on any atom is 0.338 e. The highest BCUT2D eigenvalue weighted by Gasteiger charge is 2.43. The number of primary amides is 1. The van der Waals surface area contributed by atoms with Crippen LogP contribution in [0, 0.1) is 0 Å². The second-order valence-corrected chi connectivity index (χ2v) is 8.57. The zero-order valence-electron chi connectivity index (χ0n) is 19.1. The molecule has 2 amide bonds. The summed E-state index contributed by atoms with van der Waals surface area (Å²) >= 11 is 0. The Kier molecular flexibility index (Phi) is 11.5. The molecule has 7 N–H and O–H groups in total. The van der Waals surface area contributed by atoms with Gasteiger partial charge in [-0.1, -0.05) is 30.3 Å². The Morgan fingerprint density at radius 2 is 1.76 bits per heavy atom. The van der Waals surface area contributed by atoms with Gasteiger partial charge < -0.3 is 36.0 Å². The van der Waals surface area contributed by atoms with E-state index in [1.807, 2.05) is 30.3 Å². The van der Waals surface area contributed by atoms with Gasteiger partial charge in [0, 0.05) is 0 Å². The first-order chi connectivity index (χ1) is 15.7. The first kappa shape index (κ1) is 27.5. The molecule has 2 rings (SSSR count). The third-order valence-electron chi connectivity index (χ3n) is 5.93. The first-order valence-corrected chi connectivity index (χ1v) is 11.5. The van der Waals surface area contributed by atoms with Crippen molar-refractivity contribution in [2.45, 2.75) is 88.2 Å². The molecule has 1 heterocycles. The number of urea groups is 1. The fourth-order valence-electron chi connectivity index (χ4n) is 3.93. The third-order valence-corrected chi connectivity index (χ3v) is 5.93. The van der Waals surface area contributed by atoms with Crippen molar-refractivity contribution in [1.82, 2.24) is 5.06 Å². The smallest absolute Gasteiger partial charge is 0.338 e. The molecule has 1 saturated heterocycles. The van der Waals surface area contributed by atoms with E-state index in [9.17, 15) is 30.3 Å². The van der Waals surface area contributed by atoms with E-state index >= 15 is 0 Å². The summed E-state index contributed by atoms with van der Waals surface area (Å²) in [5.74, 6) is 0. The van der Waals surface area contributed by atoms with E-state index in [0.717, 1.165) is 17.9 Å². The Bertz CT molecular complexity index is 690. The summed E-state index contributed by atoms with van der Waals surface area (Å²) in [4.78, 5) is 17.5. The van der Waals surface area contributed by atoms with Crippen molar-refractivity contribution < 1.29 is 39.9 Å². The Labute approximate surface area is 194 Å². The summed E-state index contributed by atoms with van der Waals surface area (Å²) in [6.07, 6.45) is -4.04. The van der Waals surface area contributed by atoms with Gasteiger partial charge in [-0.05, 0) is 51.0 Å². The fraction of sp³-hybridized carbons (Fsp3) is 0.696. The predicted octanol–water partition coefficient (Wildman–Crippen LogP) is 0.0837. The molecule has 0 saturated carbocycles. The number of ether oxygens (including phenoxy) is 1. The molecule has 33 heavy (non-hydrogen) atoms. The van der Waals surface area contributed by atoms with Crippen molar-refractivity contribution in [3.63, 3.8) is 0 Å². The molecule has 1 aromatic carbocycles. The Morgan fingerprint density at radius 3 is 2.36 bits per heavy atom. The highest BCUT2D eigenvalue weighted by Crippen LogP contribution is 2.25. The van der Waals surface area contributed by atoms with Crippen LogP contribution in [0.25, 0.3) is 0 Å². The Balaban J connectivity index is 1.81. The molecule has 10 heteroatoms. The molecule has 0 aliphatic carbocycles. The zero-order chi connectivity index (χ0) is 24.4. The second-order valence-electron chi connectivity index (χ2n) is 8.57. The monoisotopic (exact) mass is 470 g/mol. The number of unbranched alkanes of at least 4 members (excludes halogenated alkanes) is 1. The standard InChI is InChI=1S/C23H38N2O8/c1-15(27)17(11-7-12-18-20(28)22(30)21(29)19(14-26)32-18)33-25(23(24)31)13-6-5-10-16-8-3-2-4-9-16/h2-4,8-9,15,17-22,26-30H,5-7,10-14H2,1H3,(H2,24,31). The summed E-state index contributed by atoms with van der Waals surface area (Å²) in [6, 6.07) is 9.26. The maximum absolute atomic E-state index is 11.8. The molecule has 1 fully saturated rings. The number of hydroxylamine groups is 2. The molecule has 1 aromatic rings. The average molecular weight is 471 g/mol. The first-order valence-electron chi connectivity index (χ1n) is 11.5. The van der Waals surface area contributed by atoms with E-state index in [1.54, 1.807) is 6.92 Å². The van der Waals surface area contributed by atoms with E-state index in [2.05, 4.69) is 0 Å². The third kappa shape index (κ3) is 8.49. The molecule has 7 atom stereocenters. The Morgan fingerprint density at radius 1 is 1.09 bits per heavy atom. The lowest BCUT2D eigenvalue weighted by atomic mass is 9.92. The minimum atomic E-state index is -1.43. The highest BCUT2D eigenvalue weighted by molar-refractivity contribution is 5.70. The van der Waals surface area contributed by atoms with Crippen molar-refractivity contribution in [1.29, 1.82) is 0 Å². The maximum atomic E-state index is 11.8. The molecule has 7 unspecified atom stereocenters. The molecular weight excluding hydrogens is 432 g/mol. The quantitative estimate of drug-likeness (QED) is 0.174. The van der Waals surface area contributed by atoms with Crippen LogP contribution in [0.3, 0.4) is 0 Å². The van der Waals surface area contributed by atoms with Crippen molar-refractivity contribution in [2.75, 3.05) is 13.2 Å². The normalized spacial score (nSPS) is 27.2. The number of rotatable bonds is 13. The SMILES string of the molecule is CC(O)C(CCCC1OC(CO)C(O)C(O)C1O)ON(CCCCc1ccccc1)C(N)=O. The molecule has 10 nitrogen and oxygen atoms in total. The highest BCUT2D eigenvalue weighted by atomic mass is 16.7. The lowest BCUT2D eigenvalue weighted by Gasteiger charge is -2.40. The van der Waals surface area contributed by atoms with Gasteiger partial charge in [0.2, 0.25) is 0 Å². The van der Waals surface area contributed by atoms with Gasteiger partial charge in [-0.2, -0.15) is 0 Å². The van der Waals surface area contributed by atoms with Gasteiger partial charge >= 0.3 is 6.03 Å². The van der Waals surface area contributed by atoms with Gasteiger partial charge in [-0.3, -0.25) is 4.84 Å². The number of benzene rings is 1. The summed E-state index contributed by atoms with van der Waals surface area (Å²) < 4.78 is 5.50. The van der Waals surface area contributed by atoms with Crippen molar-refractivity contribution in [3.05, 3.63) is 35.9 Å². The van der Waals surface area contributed by atoms with Crippen molar-refractivity contribution in [2.24, 2.45) is 5.73 Å². The van der Waals surface area contributed by atoms with Crippen LogP contribution in [0.1, 0.15) is 44.6 Å². The van der Waals surface area contributed by atoms with Crippen LogP contribution < -0.4 is 5.73 Å². The number of nitrogens with zero attached hydrogens (tertiary/aromatic N) is 1. The molecular formula is C23H38N2O8. The van der Waals surface area contributed by atoms with E-state index in [-0.39, 0.29) is 6.54 Å². The second kappa shape index (κ2) is 13.8. The van der Waals surface area contributed by atoms with Gasteiger partial charge in [-0.15, -0.1) is 0 Å². The van der Waals surface area contributed by atoms with Crippen LogP contribution in [0.4, 0.5) is 4.79 Å². The van der Waals surface area contributed by atoms with Gasteiger partial charge in [0.05, 0.1) is 25.4 Å². The van der Waals surface area contributed by atoms with Crippen LogP contribution in [-0.4, -0.2) is 92.5 Å². The molecule has 188 valence electrons. The number of aryl methyl sites for hydroxylation is 1. The van der Waals surface area contributed by atoms with E-state index in [4.69, 9.17) is 15.3 Å².